The first-order valence-corrected chi connectivity index (χ1v) is 9.71. The van der Waals surface area contributed by atoms with Gasteiger partial charge in [0.15, 0.2) is 0 Å². The van der Waals surface area contributed by atoms with Crippen LogP contribution in [-0.4, -0.2) is 47.4 Å². The molecule has 1 aromatic heterocycles. The van der Waals surface area contributed by atoms with E-state index in [0.717, 1.165) is 37.3 Å². The van der Waals surface area contributed by atoms with E-state index in [1.54, 1.807) is 12.3 Å². The van der Waals surface area contributed by atoms with Gasteiger partial charge >= 0.3 is 0 Å². The number of likely N-dealkylation sites (tertiary alicyclic amines) is 1. The largest absolute Gasteiger partial charge is 0.364 e. The molecule has 4 rings (SSSR count). The SMILES string of the molecule is Cc1ccc(-n2ncc(N3CC[C@@H]4CCN(C)C[C@H]43)c(Cl)c2=O)cc1Cl. The van der Waals surface area contributed by atoms with Gasteiger partial charge in [-0.05, 0) is 57.0 Å². The number of aromatic nitrogens is 2. The summed E-state index contributed by atoms with van der Waals surface area (Å²) >= 11 is 12.7. The van der Waals surface area contributed by atoms with Crippen molar-refractivity contribution in [1.29, 1.82) is 0 Å². The van der Waals surface area contributed by atoms with E-state index < -0.39 is 0 Å². The van der Waals surface area contributed by atoms with Gasteiger partial charge in [0.25, 0.3) is 5.56 Å². The second kappa shape index (κ2) is 6.87. The predicted molar refractivity (Wildman–Crippen MR) is 106 cm³/mol. The van der Waals surface area contributed by atoms with Crippen LogP contribution in [0.3, 0.4) is 0 Å². The Bertz CT molecular complexity index is 898. The number of halogens is 2. The highest BCUT2D eigenvalue weighted by molar-refractivity contribution is 6.33. The number of anilines is 1. The molecule has 2 aromatic rings. The molecule has 3 heterocycles. The van der Waals surface area contributed by atoms with Crippen LogP contribution in [-0.2, 0) is 0 Å². The lowest BCUT2D eigenvalue weighted by Gasteiger charge is -2.37. The zero-order chi connectivity index (χ0) is 18.4. The topological polar surface area (TPSA) is 41.4 Å². The van der Waals surface area contributed by atoms with Gasteiger partial charge in [0.1, 0.15) is 5.02 Å². The molecular formula is C19H22Cl2N4O. The Morgan fingerprint density at radius 3 is 2.73 bits per heavy atom. The van der Waals surface area contributed by atoms with Crippen molar-refractivity contribution in [3.05, 3.63) is 50.4 Å². The number of piperidine rings is 1. The number of aryl methyl sites for hydroxylation is 1. The molecular weight excluding hydrogens is 371 g/mol. The summed E-state index contributed by atoms with van der Waals surface area (Å²) in [7, 11) is 2.14. The first kappa shape index (κ1) is 17.8. The zero-order valence-electron chi connectivity index (χ0n) is 15.0. The van der Waals surface area contributed by atoms with E-state index in [1.165, 1.54) is 11.1 Å². The van der Waals surface area contributed by atoms with Crippen LogP contribution in [0.25, 0.3) is 5.69 Å². The average Bonchev–Trinajstić information content (AvgIpc) is 3.03. The third kappa shape index (κ3) is 3.02. The minimum atomic E-state index is -0.309. The number of hydrogen-bond acceptors (Lipinski definition) is 4. The highest BCUT2D eigenvalue weighted by Gasteiger charge is 2.38. The lowest BCUT2D eigenvalue weighted by Crippen LogP contribution is -2.47. The minimum Gasteiger partial charge on any atom is -0.364 e. The van der Waals surface area contributed by atoms with Crippen molar-refractivity contribution >= 4 is 28.9 Å². The molecule has 2 atom stereocenters. The Balaban J connectivity index is 1.70. The first-order valence-electron chi connectivity index (χ1n) is 8.95. The van der Waals surface area contributed by atoms with Crippen LogP contribution in [0.1, 0.15) is 18.4 Å². The van der Waals surface area contributed by atoms with E-state index in [-0.39, 0.29) is 10.6 Å². The van der Waals surface area contributed by atoms with E-state index in [4.69, 9.17) is 23.2 Å². The molecule has 138 valence electrons. The van der Waals surface area contributed by atoms with Crippen molar-refractivity contribution in [1.82, 2.24) is 14.7 Å². The summed E-state index contributed by atoms with van der Waals surface area (Å²) in [5.41, 5.74) is 2.01. The number of fused-ring (bicyclic) bond motifs is 1. The molecule has 26 heavy (non-hydrogen) atoms. The van der Waals surface area contributed by atoms with E-state index in [2.05, 4.69) is 21.9 Å². The van der Waals surface area contributed by atoms with Crippen LogP contribution in [0.15, 0.2) is 29.2 Å². The van der Waals surface area contributed by atoms with Gasteiger partial charge in [0.2, 0.25) is 0 Å². The lowest BCUT2D eigenvalue weighted by molar-refractivity contribution is 0.208. The molecule has 2 saturated heterocycles. The highest BCUT2D eigenvalue weighted by atomic mass is 35.5. The van der Waals surface area contributed by atoms with Crippen LogP contribution in [0.2, 0.25) is 10.0 Å². The molecule has 0 aliphatic carbocycles. The zero-order valence-corrected chi connectivity index (χ0v) is 16.5. The fourth-order valence-corrected chi connectivity index (χ4v) is 4.53. The normalized spacial score (nSPS) is 23.3. The van der Waals surface area contributed by atoms with E-state index >= 15 is 0 Å². The quantitative estimate of drug-likeness (QED) is 0.785. The molecule has 2 aliphatic rings. The number of benzene rings is 1. The van der Waals surface area contributed by atoms with E-state index in [1.807, 2.05) is 19.1 Å². The lowest BCUT2D eigenvalue weighted by atomic mass is 9.92. The van der Waals surface area contributed by atoms with Crippen molar-refractivity contribution in [3.63, 3.8) is 0 Å². The first-order chi connectivity index (χ1) is 12.5. The van der Waals surface area contributed by atoms with Crippen LogP contribution in [0.5, 0.6) is 0 Å². The Morgan fingerprint density at radius 2 is 1.96 bits per heavy atom. The maximum Gasteiger partial charge on any atom is 0.292 e. The molecule has 2 fully saturated rings. The Hall–Kier alpha value is -1.56. The molecule has 0 radical (unpaired) electrons. The van der Waals surface area contributed by atoms with Crippen molar-refractivity contribution in [3.8, 4) is 5.69 Å². The highest BCUT2D eigenvalue weighted by Crippen LogP contribution is 2.36. The van der Waals surface area contributed by atoms with Gasteiger partial charge < -0.3 is 9.80 Å². The maximum atomic E-state index is 12.9. The van der Waals surface area contributed by atoms with Crippen LogP contribution >= 0.6 is 23.2 Å². The molecule has 0 bridgehead atoms. The number of hydrogen-bond donors (Lipinski definition) is 0. The summed E-state index contributed by atoms with van der Waals surface area (Å²) in [5, 5.41) is 5.22. The molecule has 0 amide bonds. The molecule has 2 aliphatic heterocycles. The molecule has 0 N–H and O–H groups in total. The molecule has 5 nitrogen and oxygen atoms in total. The molecule has 0 unspecified atom stereocenters. The predicted octanol–water partition coefficient (Wildman–Crippen LogP) is 3.38. The van der Waals surface area contributed by atoms with Crippen molar-refractivity contribution in [2.45, 2.75) is 25.8 Å². The van der Waals surface area contributed by atoms with Crippen LogP contribution in [0, 0.1) is 12.8 Å². The van der Waals surface area contributed by atoms with Gasteiger partial charge in [-0.1, -0.05) is 29.3 Å². The standard InChI is InChI=1S/C19H22Cl2N4O/c1-12-3-4-14(9-15(12)20)25-19(26)18(21)16(10-22-25)24-8-6-13-5-7-23(2)11-17(13)24/h3-4,9-10,13,17H,5-8,11H2,1-2H3/t13-,17+/m0/s1. The fourth-order valence-electron chi connectivity index (χ4n) is 4.12. The summed E-state index contributed by atoms with van der Waals surface area (Å²) in [5.74, 6) is 0.667. The van der Waals surface area contributed by atoms with Crippen molar-refractivity contribution in [2.24, 2.45) is 5.92 Å². The summed E-state index contributed by atoms with van der Waals surface area (Å²) < 4.78 is 1.32. The maximum absolute atomic E-state index is 12.9. The summed E-state index contributed by atoms with van der Waals surface area (Å²) in [6.45, 7) is 4.97. The van der Waals surface area contributed by atoms with Gasteiger partial charge in [-0.15, -0.1) is 0 Å². The fraction of sp³-hybridized carbons (Fsp3) is 0.474. The van der Waals surface area contributed by atoms with Gasteiger partial charge in [0.05, 0.1) is 17.6 Å². The van der Waals surface area contributed by atoms with Gasteiger partial charge in [0, 0.05) is 24.2 Å². The summed E-state index contributed by atoms with van der Waals surface area (Å²) in [6.07, 6.45) is 4.06. The van der Waals surface area contributed by atoms with Gasteiger partial charge in [-0.3, -0.25) is 4.79 Å². The molecule has 0 spiro atoms. The van der Waals surface area contributed by atoms with Crippen molar-refractivity contribution < 1.29 is 0 Å². The third-order valence-corrected chi connectivity index (χ3v) is 6.44. The smallest absolute Gasteiger partial charge is 0.292 e. The second-order valence-corrected chi connectivity index (χ2v) is 8.14. The molecule has 0 saturated carbocycles. The Labute approximate surface area is 163 Å². The van der Waals surface area contributed by atoms with Crippen LogP contribution in [0.4, 0.5) is 5.69 Å². The number of nitrogens with zero attached hydrogens (tertiary/aromatic N) is 4. The average molecular weight is 393 g/mol. The second-order valence-electron chi connectivity index (χ2n) is 7.35. The van der Waals surface area contributed by atoms with Crippen LogP contribution < -0.4 is 10.5 Å². The number of likely N-dealkylation sites (N-methyl/N-ethyl adjacent to an activating group) is 1. The van der Waals surface area contributed by atoms with E-state index in [0.29, 0.717) is 22.7 Å². The summed E-state index contributed by atoms with van der Waals surface area (Å²) in [4.78, 5) is 17.5. The Morgan fingerprint density at radius 1 is 1.19 bits per heavy atom. The Kier molecular flexibility index (Phi) is 4.71. The van der Waals surface area contributed by atoms with Gasteiger partial charge in [-0.25, -0.2) is 0 Å². The third-order valence-electron chi connectivity index (χ3n) is 5.68. The van der Waals surface area contributed by atoms with Crippen molar-refractivity contribution in [2.75, 3.05) is 31.6 Å². The minimum absolute atomic E-state index is 0.227. The molecule has 1 aromatic carbocycles. The van der Waals surface area contributed by atoms with Gasteiger partial charge in [-0.2, -0.15) is 9.78 Å². The number of rotatable bonds is 2. The van der Waals surface area contributed by atoms with E-state index in [9.17, 15) is 4.79 Å². The monoisotopic (exact) mass is 392 g/mol. The molecule has 7 heteroatoms. The summed E-state index contributed by atoms with van der Waals surface area (Å²) in [6, 6.07) is 5.84.